The number of halogens is 1. The molecular formula is C23H19ClN2O3S. The minimum atomic E-state index is -0.574. The van der Waals surface area contributed by atoms with Gasteiger partial charge in [-0.2, -0.15) is 0 Å². The van der Waals surface area contributed by atoms with E-state index in [1.807, 2.05) is 47.9 Å². The second-order valence-corrected chi connectivity index (χ2v) is 8.34. The van der Waals surface area contributed by atoms with E-state index in [0.29, 0.717) is 41.2 Å². The highest BCUT2D eigenvalue weighted by molar-refractivity contribution is 7.11. The van der Waals surface area contributed by atoms with E-state index in [-0.39, 0.29) is 5.91 Å². The van der Waals surface area contributed by atoms with Gasteiger partial charge in [-0.1, -0.05) is 41.9 Å². The number of carbonyl (C=O) groups excluding carboxylic acids is 2. The minimum absolute atomic E-state index is 0.112. The van der Waals surface area contributed by atoms with Crippen molar-refractivity contribution < 1.29 is 14.8 Å². The summed E-state index contributed by atoms with van der Waals surface area (Å²) < 4.78 is 0. The van der Waals surface area contributed by atoms with Gasteiger partial charge in [0.1, 0.15) is 0 Å². The average Bonchev–Trinajstić information content (AvgIpc) is 3.29. The van der Waals surface area contributed by atoms with Crippen LogP contribution in [0.4, 0.5) is 0 Å². The molecule has 1 aliphatic rings. The van der Waals surface area contributed by atoms with E-state index in [2.05, 4.69) is 0 Å². The highest BCUT2D eigenvalue weighted by atomic mass is 35.5. The lowest BCUT2D eigenvalue weighted by atomic mass is 9.95. The topological polar surface area (TPSA) is 69.6 Å². The molecule has 0 saturated carbocycles. The van der Waals surface area contributed by atoms with Gasteiger partial charge < -0.3 is 4.90 Å². The molecule has 0 radical (unpaired) electrons. The first-order chi connectivity index (χ1) is 14.6. The highest BCUT2D eigenvalue weighted by Gasteiger charge is 2.26. The predicted octanol–water partition coefficient (Wildman–Crippen LogP) is 4.65. The molecule has 7 heteroatoms. The predicted molar refractivity (Wildman–Crippen MR) is 118 cm³/mol. The molecule has 3 aromatic rings. The quantitative estimate of drug-likeness (QED) is 0.354. The van der Waals surface area contributed by atoms with Crippen LogP contribution in [0.1, 0.15) is 31.9 Å². The summed E-state index contributed by atoms with van der Waals surface area (Å²) in [5.41, 5.74) is 5.22. The molecule has 0 saturated heterocycles. The molecule has 0 atom stereocenters. The summed E-state index contributed by atoms with van der Waals surface area (Å²) in [4.78, 5) is 28.0. The van der Waals surface area contributed by atoms with Gasteiger partial charge in [-0.05, 0) is 53.3 Å². The third-order valence-corrected chi connectivity index (χ3v) is 6.24. The Morgan fingerprint density at radius 1 is 1.10 bits per heavy atom. The van der Waals surface area contributed by atoms with Crippen LogP contribution in [-0.2, 0) is 17.8 Å². The van der Waals surface area contributed by atoms with Crippen molar-refractivity contribution in [3.05, 3.63) is 92.1 Å². The van der Waals surface area contributed by atoms with E-state index < -0.39 is 5.91 Å². The van der Waals surface area contributed by atoms with Gasteiger partial charge in [0.25, 0.3) is 11.8 Å². The highest BCUT2D eigenvalue weighted by Crippen LogP contribution is 2.30. The molecular weight excluding hydrogens is 420 g/mol. The molecule has 2 amide bonds. The van der Waals surface area contributed by atoms with Gasteiger partial charge in [0.05, 0.1) is 0 Å². The standard InChI is InChI=1S/C23H19ClN2O3S/c24-21-6-2-1-5-19(21)20(13-18-4-3-11-30-18)23(28)26-10-9-15-7-8-16(22(27)25-29)12-17(15)14-26/h1-8,11-13,29H,9-10,14H2,(H,25,27)/b20-13-. The van der Waals surface area contributed by atoms with Crippen molar-refractivity contribution in [2.45, 2.75) is 13.0 Å². The van der Waals surface area contributed by atoms with Crippen LogP contribution in [-0.4, -0.2) is 28.5 Å². The average molecular weight is 439 g/mol. The number of thiophene rings is 1. The molecule has 152 valence electrons. The summed E-state index contributed by atoms with van der Waals surface area (Å²) in [6, 6.07) is 16.5. The summed E-state index contributed by atoms with van der Waals surface area (Å²) in [7, 11) is 0. The summed E-state index contributed by atoms with van der Waals surface area (Å²) in [5, 5.41) is 11.4. The number of nitrogens with one attached hydrogen (secondary N) is 1. The lowest BCUT2D eigenvalue weighted by molar-refractivity contribution is -0.125. The van der Waals surface area contributed by atoms with Gasteiger partial charge in [0, 0.05) is 39.7 Å². The maximum Gasteiger partial charge on any atom is 0.274 e. The second kappa shape index (κ2) is 8.83. The van der Waals surface area contributed by atoms with Crippen molar-refractivity contribution in [3.63, 3.8) is 0 Å². The van der Waals surface area contributed by atoms with Crippen molar-refractivity contribution in [3.8, 4) is 0 Å². The maximum absolute atomic E-state index is 13.5. The maximum atomic E-state index is 13.5. The largest absolute Gasteiger partial charge is 0.334 e. The molecule has 2 N–H and O–H groups in total. The van der Waals surface area contributed by atoms with E-state index >= 15 is 0 Å². The van der Waals surface area contributed by atoms with E-state index in [1.54, 1.807) is 39.9 Å². The van der Waals surface area contributed by atoms with E-state index in [0.717, 1.165) is 16.0 Å². The number of rotatable bonds is 4. The van der Waals surface area contributed by atoms with Crippen molar-refractivity contribution in [2.75, 3.05) is 6.54 Å². The van der Waals surface area contributed by atoms with Crippen molar-refractivity contribution in [1.82, 2.24) is 10.4 Å². The van der Waals surface area contributed by atoms with Crippen LogP contribution in [0.3, 0.4) is 0 Å². The number of benzene rings is 2. The van der Waals surface area contributed by atoms with Crippen LogP contribution in [0.5, 0.6) is 0 Å². The Labute approximate surface area is 183 Å². The van der Waals surface area contributed by atoms with Crippen molar-refractivity contribution in [1.29, 1.82) is 0 Å². The molecule has 0 bridgehead atoms. The van der Waals surface area contributed by atoms with Crippen LogP contribution >= 0.6 is 22.9 Å². The Bertz CT molecular complexity index is 1130. The first kappa shape index (κ1) is 20.3. The molecule has 30 heavy (non-hydrogen) atoms. The lowest BCUT2D eigenvalue weighted by Crippen LogP contribution is -2.36. The zero-order chi connectivity index (χ0) is 21.1. The Kier molecular flexibility index (Phi) is 5.99. The van der Waals surface area contributed by atoms with Crippen molar-refractivity contribution >= 4 is 46.4 Å². The first-order valence-corrected chi connectivity index (χ1v) is 10.7. The smallest absolute Gasteiger partial charge is 0.274 e. The number of hydrogen-bond acceptors (Lipinski definition) is 4. The van der Waals surface area contributed by atoms with Crippen LogP contribution in [0, 0.1) is 0 Å². The van der Waals surface area contributed by atoms with Crippen LogP contribution in [0.2, 0.25) is 5.02 Å². The number of hydrogen-bond donors (Lipinski definition) is 2. The zero-order valence-corrected chi connectivity index (χ0v) is 17.5. The van der Waals surface area contributed by atoms with Crippen molar-refractivity contribution in [2.24, 2.45) is 0 Å². The van der Waals surface area contributed by atoms with Crippen LogP contribution in [0.25, 0.3) is 11.6 Å². The SMILES string of the molecule is O=C(NO)c1ccc2c(c1)CN(C(=O)/C(=C\c1cccs1)c1ccccc1Cl)CC2. The Morgan fingerprint density at radius 3 is 2.67 bits per heavy atom. The molecule has 4 rings (SSSR count). The molecule has 2 heterocycles. The Morgan fingerprint density at radius 2 is 1.93 bits per heavy atom. The normalized spacial score (nSPS) is 13.7. The van der Waals surface area contributed by atoms with Crippen LogP contribution in [0.15, 0.2) is 60.0 Å². The summed E-state index contributed by atoms with van der Waals surface area (Å²) in [6.45, 7) is 0.955. The van der Waals surface area contributed by atoms with Gasteiger partial charge in [0.15, 0.2) is 0 Å². The Hall–Kier alpha value is -2.93. The van der Waals surface area contributed by atoms with E-state index in [4.69, 9.17) is 16.8 Å². The van der Waals surface area contributed by atoms with E-state index in [9.17, 15) is 9.59 Å². The monoisotopic (exact) mass is 438 g/mol. The van der Waals surface area contributed by atoms with Gasteiger partial charge >= 0.3 is 0 Å². The summed E-state index contributed by atoms with van der Waals surface area (Å²) >= 11 is 7.97. The lowest BCUT2D eigenvalue weighted by Gasteiger charge is -2.30. The molecule has 2 aromatic carbocycles. The number of fused-ring (bicyclic) bond motifs is 1. The van der Waals surface area contributed by atoms with E-state index in [1.165, 1.54) is 0 Å². The first-order valence-electron chi connectivity index (χ1n) is 9.42. The Balaban J connectivity index is 1.68. The molecule has 1 aromatic heterocycles. The molecule has 0 fully saturated rings. The number of hydroxylamine groups is 1. The third kappa shape index (κ3) is 4.16. The van der Waals surface area contributed by atoms with Crippen LogP contribution < -0.4 is 5.48 Å². The minimum Gasteiger partial charge on any atom is -0.334 e. The van der Waals surface area contributed by atoms with Gasteiger partial charge in [-0.3, -0.25) is 14.8 Å². The fourth-order valence-corrected chi connectivity index (χ4v) is 4.45. The molecule has 0 aliphatic carbocycles. The summed E-state index contributed by atoms with van der Waals surface area (Å²) in [5.74, 6) is -0.685. The van der Waals surface area contributed by atoms with Gasteiger partial charge in [-0.15, -0.1) is 11.3 Å². The number of nitrogens with zero attached hydrogens (tertiary/aromatic N) is 1. The summed E-state index contributed by atoms with van der Waals surface area (Å²) in [6.07, 6.45) is 2.57. The fraction of sp³-hybridized carbons (Fsp3) is 0.130. The molecule has 1 aliphatic heterocycles. The molecule has 0 spiro atoms. The van der Waals surface area contributed by atoms with Gasteiger partial charge in [-0.25, -0.2) is 5.48 Å². The molecule has 5 nitrogen and oxygen atoms in total. The fourth-order valence-electron chi connectivity index (χ4n) is 3.56. The second-order valence-electron chi connectivity index (χ2n) is 6.95. The van der Waals surface area contributed by atoms with Gasteiger partial charge in [0.2, 0.25) is 0 Å². The number of amides is 2. The zero-order valence-electron chi connectivity index (χ0n) is 16.0. The number of carbonyl (C=O) groups is 2. The molecule has 0 unspecified atom stereocenters. The third-order valence-electron chi connectivity index (χ3n) is 5.09.